The van der Waals surface area contributed by atoms with Gasteiger partial charge in [0.2, 0.25) is 5.60 Å². The van der Waals surface area contributed by atoms with E-state index < -0.39 is 5.60 Å². The van der Waals surface area contributed by atoms with E-state index >= 15 is 0 Å². The topological polar surface area (TPSA) is 52.6 Å². The maximum absolute atomic E-state index is 13.4. The van der Waals surface area contributed by atoms with Gasteiger partial charge in [-0.25, -0.2) is 4.79 Å². The second-order valence-corrected chi connectivity index (χ2v) is 9.58. The summed E-state index contributed by atoms with van der Waals surface area (Å²) in [5, 5.41) is 0. The molecule has 0 saturated heterocycles. The van der Waals surface area contributed by atoms with E-state index in [1.165, 1.54) is 6.42 Å². The number of carbonyl (C=O) groups is 2. The Bertz CT molecular complexity index is 487. The SMILES string of the molecule is CC(C)C1CC[C@@H](C)CC1(OC=O)C(=O)OC1C[C@H](C(C)C)CC[C@@H]1C. The molecule has 0 radical (unpaired) electrons. The van der Waals surface area contributed by atoms with Crippen molar-refractivity contribution in [3.8, 4) is 0 Å². The Balaban J connectivity index is 2.22. The van der Waals surface area contributed by atoms with Crippen molar-refractivity contribution in [2.75, 3.05) is 0 Å². The lowest BCUT2D eigenvalue weighted by atomic mass is 9.66. The predicted octanol–water partition coefficient (Wildman–Crippen LogP) is 4.99. The molecular formula is C22H38O4. The van der Waals surface area contributed by atoms with Crippen LogP contribution in [0.5, 0.6) is 0 Å². The first-order valence-corrected chi connectivity index (χ1v) is 10.5. The van der Waals surface area contributed by atoms with Crippen LogP contribution in [0.25, 0.3) is 0 Å². The second-order valence-electron chi connectivity index (χ2n) is 9.58. The van der Waals surface area contributed by atoms with Crippen LogP contribution in [0.1, 0.15) is 80.1 Å². The van der Waals surface area contributed by atoms with Crippen LogP contribution in [0.2, 0.25) is 0 Å². The van der Waals surface area contributed by atoms with E-state index in [9.17, 15) is 9.59 Å². The Morgan fingerprint density at radius 3 is 2.31 bits per heavy atom. The van der Waals surface area contributed by atoms with Gasteiger partial charge in [0.25, 0.3) is 6.47 Å². The summed E-state index contributed by atoms with van der Waals surface area (Å²) in [6, 6.07) is 0. The lowest BCUT2D eigenvalue weighted by Gasteiger charge is -2.45. The molecule has 4 nitrogen and oxygen atoms in total. The standard InChI is InChI=1S/C22H38O4/c1-14(2)18-9-8-17(6)20(11-18)26-21(24)22(25-13-23)12-16(5)7-10-19(22)15(3)4/h13-20H,7-12H2,1-6H3/t16-,17+,18-,19?,20?,22?/m1/s1. The zero-order valence-corrected chi connectivity index (χ0v) is 17.5. The number of carbonyl (C=O) groups excluding carboxylic acids is 2. The highest BCUT2D eigenvalue weighted by Crippen LogP contribution is 2.45. The van der Waals surface area contributed by atoms with E-state index in [-0.39, 0.29) is 23.9 Å². The first-order chi connectivity index (χ1) is 12.2. The van der Waals surface area contributed by atoms with Crippen LogP contribution in [-0.4, -0.2) is 24.1 Å². The zero-order valence-electron chi connectivity index (χ0n) is 17.5. The van der Waals surface area contributed by atoms with Crippen LogP contribution in [-0.2, 0) is 19.1 Å². The molecular weight excluding hydrogens is 328 g/mol. The van der Waals surface area contributed by atoms with Gasteiger partial charge in [0.05, 0.1) is 0 Å². The lowest BCUT2D eigenvalue weighted by molar-refractivity contribution is -0.200. The molecule has 2 aliphatic rings. The minimum Gasteiger partial charge on any atom is -0.459 e. The number of rotatable bonds is 6. The largest absolute Gasteiger partial charge is 0.459 e. The van der Waals surface area contributed by atoms with Gasteiger partial charge in [-0.15, -0.1) is 0 Å². The average Bonchev–Trinajstić information content (AvgIpc) is 2.56. The summed E-state index contributed by atoms with van der Waals surface area (Å²) in [6.45, 7) is 13.5. The molecule has 2 rings (SSSR count). The first kappa shape index (κ1) is 21.2. The molecule has 2 fully saturated rings. The molecule has 0 heterocycles. The molecule has 26 heavy (non-hydrogen) atoms. The highest BCUT2D eigenvalue weighted by Gasteiger charge is 2.54. The molecule has 0 bridgehead atoms. The predicted molar refractivity (Wildman–Crippen MR) is 102 cm³/mol. The fraction of sp³-hybridized carbons (Fsp3) is 0.909. The molecule has 2 saturated carbocycles. The van der Waals surface area contributed by atoms with Crippen LogP contribution in [0, 0.1) is 35.5 Å². The summed E-state index contributed by atoms with van der Waals surface area (Å²) in [4.78, 5) is 24.7. The number of ether oxygens (including phenoxy) is 2. The molecule has 4 heteroatoms. The molecule has 0 aromatic rings. The molecule has 3 unspecified atom stereocenters. The minimum absolute atomic E-state index is 0.0243. The highest BCUT2D eigenvalue weighted by molar-refractivity contribution is 5.82. The molecule has 0 amide bonds. The molecule has 0 aliphatic heterocycles. The molecule has 0 aromatic heterocycles. The van der Waals surface area contributed by atoms with Crippen molar-refractivity contribution in [3.05, 3.63) is 0 Å². The first-order valence-electron chi connectivity index (χ1n) is 10.5. The Morgan fingerprint density at radius 2 is 1.73 bits per heavy atom. The fourth-order valence-corrected chi connectivity index (χ4v) is 5.16. The summed E-state index contributed by atoms with van der Waals surface area (Å²) >= 11 is 0. The van der Waals surface area contributed by atoms with E-state index in [0.29, 0.717) is 36.6 Å². The zero-order chi connectivity index (χ0) is 19.5. The fourth-order valence-electron chi connectivity index (χ4n) is 5.16. The quantitative estimate of drug-likeness (QED) is 0.490. The molecule has 6 atom stereocenters. The summed E-state index contributed by atoms with van der Waals surface area (Å²) in [5.74, 6) is 1.89. The van der Waals surface area contributed by atoms with Crippen LogP contribution < -0.4 is 0 Å². The van der Waals surface area contributed by atoms with Gasteiger partial charge >= 0.3 is 5.97 Å². The summed E-state index contributed by atoms with van der Waals surface area (Å²) < 4.78 is 11.7. The molecule has 150 valence electrons. The van der Waals surface area contributed by atoms with Crippen molar-refractivity contribution in [1.82, 2.24) is 0 Å². The van der Waals surface area contributed by atoms with Gasteiger partial charge in [0.1, 0.15) is 6.10 Å². The lowest BCUT2D eigenvalue weighted by Crippen LogP contribution is -2.55. The van der Waals surface area contributed by atoms with Crippen molar-refractivity contribution >= 4 is 12.4 Å². The average molecular weight is 367 g/mol. The van der Waals surface area contributed by atoms with Crippen LogP contribution in [0.15, 0.2) is 0 Å². The third-order valence-corrected chi connectivity index (χ3v) is 6.99. The van der Waals surface area contributed by atoms with Crippen molar-refractivity contribution in [2.24, 2.45) is 35.5 Å². The Morgan fingerprint density at radius 1 is 1.04 bits per heavy atom. The minimum atomic E-state index is -1.11. The van der Waals surface area contributed by atoms with Crippen LogP contribution in [0.3, 0.4) is 0 Å². The summed E-state index contributed by atoms with van der Waals surface area (Å²) in [6.07, 6.45) is 5.68. The van der Waals surface area contributed by atoms with Gasteiger partial charge in [-0.2, -0.15) is 0 Å². The maximum atomic E-state index is 13.4. The van der Waals surface area contributed by atoms with Gasteiger partial charge in [0.15, 0.2) is 0 Å². The normalized spacial score (nSPS) is 38.2. The molecule has 0 aromatic carbocycles. The maximum Gasteiger partial charge on any atom is 0.351 e. The smallest absolute Gasteiger partial charge is 0.351 e. The molecule has 0 N–H and O–H groups in total. The monoisotopic (exact) mass is 366 g/mol. The number of hydrogen-bond acceptors (Lipinski definition) is 4. The Hall–Kier alpha value is -1.06. The second kappa shape index (κ2) is 8.75. The van der Waals surface area contributed by atoms with E-state index in [4.69, 9.17) is 9.47 Å². The summed E-state index contributed by atoms with van der Waals surface area (Å²) in [5.41, 5.74) is -1.11. The van der Waals surface area contributed by atoms with Gasteiger partial charge in [-0.1, -0.05) is 48.0 Å². The van der Waals surface area contributed by atoms with E-state index in [1.807, 2.05) is 0 Å². The number of hydrogen-bond donors (Lipinski definition) is 0. The van der Waals surface area contributed by atoms with E-state index in [2.05, 4.69) is 41.5 Å². The third-order valence-electron chi connectivity index (χ3n) is 6.99. The highest BCUT2D eigenvalue weighted by atomic mass is 16.6. The van der Waals surface area contributed by atoms with E-state index in [1.54, 1.807) is 0 Å². The number of esters is 1. The Kier molecular flexibility index (Phi) is 7.15. The Labute approximate surface area is 159 Å². The van der Waals surface area contributed by atoms with Crippen LogP contribution >= 0.6 is 0 Å². The molecule has 2 aliphatic carbocycles. The van der Waals surface area contributed by atoms with E-state index in [0.717, 1.165) is 25.7 Å². The summed E-state index contributed by atoms with van der Waals surface area (Å²) in [7, 11) is 0. The van der Waals surface area contributed by atoms with Gasteiger partial charge in [-0.3, -0.25) is 4.79 Å². The third kappa shape index (κ3) is 4.43. The van der Waals surface area contributed by atoms with Gasteiger partial charge < -0.3 is 9.47 Å². The van der Waals surface area contributed by atoms with Gasteiger partial charge in [-0.05, 0) is 55.3 Å². The van der Waals surface area contributed by atoms with Crippen molar-refractivity contribution < 1.29 is 19.1 Å². The van der Waals surface area contributed by atoms with Crippen molar-refractivity contribution in [3.63, 3.8) is 0 Å². The van der Waals surface area contributed by atoms with Gasteiger partial charge in [0, 0.05) is 12.3 Å². The van der Waals surface area contributed by atoms with Crippen LogP contribution in [0.4, 0.5) is 0 Å². The molecule has 0 spiro atoms. The van der Waals surface area contributed by atoms with Crippen molar-refractivity contribution in [2.45, 2.75) is 91.8 Å². The van der Waals surface area contributed by atoms with Crippen molar-refractivity contribution in [1.29, 1.82) is 0 Å².